The molecule has 2 aromatic rings. The van der Waals surface area contributed by atoms with Crippen molar-refractivity contribution in [2.24, 2.45) is 17.6 Å². The number of aromatic amines is 1. The Kier molecular flexibility index (Phi) is 14.1. The standard InChI is InChI=1S/C30H46N6O6/c1-18(2)11-21(34-28(39)24(31)14-22-16-32-17-33-22)13-23(37)15-26(38)36-27(19(3)4)29(40)35-25(30(41)42-5)12-20-9-7-6-8-10-20/h6-10,16-19,21,23-25,27,37H,11-15,31H2,1-5H3,(H,32,33)(H,34,39)(H,35,40)(H,36,38)/t21?,23?,24-,25-,27-/m0/s1. The number of hydrogen-bond donors (Lipinski definition) is 6. The number of aliphatic hydroxyl groups is 1. The Bertz CT molecular complexity index is 1120. The molecule has 1 aromatic heterocycles. The van der Waals surface area contributed by atoms with Gasteiger partial charge in [-0.2, -0.15) is 0 Å². The van der Waals surface area contributed by atoms with Gasteiger partial charge >= 0.3 is 5.97 Å². The first-order valence-electron chi connectivity index (χ1n) is 14.3. The third-order valence-electron chi connectivity index (χ3n) is 6.76. The van der Waals surface area contributed by atoms with Crippen LogP contribution < -0.4 is 21.7 Å². The van der Waals surface area contributed by atoms with Crippen molar-refractivity contribution in [1.82, 2.24) is 25.9 Å². The van der Waals surface area contributed by atoms with Crippen LogP contribution in [0.4, 0.5) is 0 Å². The van der Waals surface area contributed by atoms with Gasteiger partial charge in [-0.1, -0.05) is 58.0 Å². The van der Waals surface area contributed by atoms with Gasteiger partial charge in [-0.3, -0.25) is 14.4 Å². The Hall–Kier alpha value is -3.77. The fourth-order valence-electron chi connectivity index (χ4n) is 4.66. The van der Waals surface area contributed by atoms with Crippen LogP contribution in [0.1, 0.15) is 58.2 Å². The average Bonchev–Trinajstić information content (AvgIpc) is 3.43. The first-order chi connectivity index (χ1) is 19.9. The summed E-state index contributed by atoms with van der Waals surface area (Å²) < 4.78 is 4.88. The lowest BCUT2D eigenvalue weighted by Crippen LogP contribution is -2.54. The summed E-state index contributed by atoms with van der Waals surface area (Å²) in [6, 6.07) is 6.11. The predicted octanol–water partition coefficient (Wildman–Crippen LogP) is 0.993. The lowest BCUT2D eigenvalue weighted by atomic mass is 9.96. The second-order valence-corrected chi connectivity index (χ2v) is 11.4. The number of nitrogens with zero attached hydrogens (tertiary/aromatic N) is 1. The molecule has 2 unspecified atom stereocenters. The molecule has 0 saturated carbocycles. The molecule has 0 fully saturated rings. The fraction of sp³-hybridized carbons (Fsp3) is 0.567. The lowest BCUT2D eigenvalue weighted by molar-refractivity contribution is -0.145. The minimum Gasteiger partial charge on any atom is -0.467 e. The van der Waals surface area contributed by atoms with E-state index in [1.54, 1.807) is 20.0 Å². The number of esters is 1. The molecule has 0 aliphatic rings. The summed E-state index contributed by atoms with van der Waals surface area (Å²) in [4.78, 5) is 58.0. The first kappa shape index (κ1) is 34.4. The molecule has 42 heavy (non-hydrogen) atoms. The molecule has 1 heterocycles. The number of nitrogens with two attached hydrogens (primary N) is 1. The number of ether oxygens (including phenoxy) is 1. The molecule has 0 spiro atoms. The van der Waals surface area contributed by atoms with Crippen molar-refractivity contribution in [3.8, 4) is 0 Å². The highest BCUT2D eigenvalue weighted by atomic mass is 16.5. The van der Waals surface area contributed by atoms with Gasteiger partial charge < -0.3 is 36.5 Å². The number of hydrogen-bond acceptors (Lipinski definition) is 8. The summed E-state index contributed by atoms with van der Waals surface area (Å²) in [5.41, 5.74) is 7.63. The number of imidazole rings is 1. The average molecular weight is 587 g/mol. The molecule has 12 nitrogen and oxygen atoms in total. The van der Waals surface area contributed by atoms with E-state index in [4.69, 9.17) is 10.5 Å². The minimum atomic E-state index is -1.07. The summed E-state index contributed by atoms with van der Waals surface area (Å²) >= 11 is 0. The Morgan fingerprint density at radius 2 is 1.67 bits per heavy atom. The molecule has 0 radical (unpaired) electrons. The van der Waals surface area contributed by atoms with Crippen LogP contribution in [0.15, 0.2) is 42.9 Å². The number of nitrogens with one attached hydrogen (secondary N) is 4. The number of carbonyl (C=O) groups is 4. The van der Waals surface area contributed by atoms with Crippen molar-refractivity contribution < 1.29 is 29.0 Å². The smallest absolute Gasteiger partial charge is 0.328 e. The second kappa shape index (κ2) is 17.2. The number of amides is 3. The number of aromatic nitrogens is 2. The molecule has 2 rings (SSSR count). The predicted molar refractivity (Wildman–Crippen MR) is 158 cm³/mol. The lowest BCUT2D eigenvalue weighted by Gasteiger charge is -2.26. The third-order valence-corrected chi connectivity index (χ3v) is 6.76. The van der Waals surface area contributed by atoms with E-state index in [0.29, 0.717) is 6.42 Å². The highest BCUT2D eigenvalue weighted by molar-refractivity contribution is 5.91. The van der Waals surface area contributed by atoms with Crippen molar-refractivity contribution in [3.63, 3.8) is 0 Å². The zero-order valence-electron chi connectivity index (χ0n) is 25.1. The van der Waals surface area contributed by atoms with Gasteiger partial charge in [0.25, 0.3) is 0 Å². The molecule has 232 valence electrons. The van der Waals surface area contributed by atoms with E-state index >= 15 is 0 Å². The number of carbonyl (C=O) groups excluding carboxylic acids is 4. The monoisotopic (exact) mass is 586 g/mol. The van der Waals surface area contributed by atoms with E-state index in [0.717, 1.165) is 11.3 Å². The van der Waals surface area contributed by atoms with Crippen molar-refractivity contribution >= 4 is 23.7 Å². The van der Waals surface area contributed by atoms with E-state index in [9.17, 15) is 24.3 Å². The van der Waals surface area contributed by atoms with Crippen LogP contribution in [-0.2, 0) is 36.8 Å². The maximum absolute atomic E-state index is 13.2. The molecular weight excluding hydrogens is 540 g/mol. The zero-order valence-corrected chi connectivity index (χ0v) is 25.1. The van der Waals surface area contributed by atoms with Gasteiger partial charge in [0.1, 0.15) is 12.1 Å². The molecule has 5 atom stereocenters. The number of aliphatic hydroxyl groups excluding tert-OH is 1. The molecule has 0 saturated heterocycles. The van der Waals surface area contributed by atoms with Crippen LogP contribution in [0.5, 0.6) is 0 Å². The molecule has 0 aliphatic carbocycles. The van der Waals surface area contributed by atoms with Crippen LogP contribution in [0.2, 0.25) is 0 Å². The summed E-state index contributed by atoms with van der Waals surface area (Å²) in [6.07, 6.45) is 2.99. The Labute approximate surface area is 247 Å². The van der Waals surface area contributed by atoms with E-state index in [1.165, 1.54) is 13.4 Å². The normalized spacial score (nSPS) is 14.9. The second-order valence-electron chi connectivity index (χ2n) is 11.4. The van der Waals surface area contributed by atoms with Gasteiger partial charge in [-0.15, -0.1) is 0 Å². The zero-order chi connectivity index (χ0) is 31.2. The van der Waals surface area contributed by atoms with Crippen molar-refractivity contribution in [3.05, 3.63) is 54.1 Å². The number of benzene rings is 1. The molecule has 0 aliphatic heterocycles. The number of H-pyrrole nitrogens is 1. The van der Waals surface area contributed by atoms with Crippen molar-refractivity contribution in [2.45, 2.75) is 90.1 Å². The maximum atomic E-state index is 13.2. The largest absolute Gasteiger partial charge is 0.467 e. The van der Waals surface area contributed by atoms with E-state index < -0.39 is 48.1 Å². The van der Waals surface area contributed by atoms with E-state index in [2.05, 4.69) is 25.9 Å². The van der Waals surface area contributed by atoms with Crippen LogP contribution >= 0.6 is 0 Å². The van der Waals surface area contributed by atoms with Gasteiger partial charge in [0.15, 0.2) is 0 Å². The molecular formula is C30H46N6O6. The summed E-state index contributed by atoms with van der Waals surface area (Å²) in [5.74, 6) is -2.11. The number of rotatable bonds is 17. The van der Waals surface area contributed by atoms with Gasteiger partial charge in [-0.05, 0) is 30.2 Å². The third kappa shape index (κ3) is 12.0. The molecule has 0 bridgehead atoms. The molecule has 12 heteroatoms. The SMILES string of the molecule is COC(=O)[C@H](Cc1ccccc1)NC(=O)[C@@H](NC(=O)CC(O)CC(CC(C)C)NC(=O)[C@@H](N)Cc1cnc[nH]1)C(C)C. The number of methoxy groups -OCH3 is 1. The van der Waals surface area contributed by atoms with Gasteiger partial charge in [0.2, 0.25) is 17.7 Å². The van der Waals surface area contributed by atoms with E-state index in [1.807, 2.05) is 44.2 Å². The van der Waals surface area contributed by atoms with Gasteiger partial charge in [0, 0.05) is 30.8 Å². The Morgan fingerprint density at radius 1 is 0.976 bits per heavy atom. The molecule has 1 aromatic carbocycles. The summed E-state index contributed by atoms with van der Waals surface area (Å²) in [5, 5.41) is 19.0. The highest BCUT2D eigenvalue weighted by Crippen LogP contribution is 2.14. The summed E-state index contributed by atoms with van der Waals surface area (Å²) in [7, 11) is 1.25. The Morgan fingerprint density at radius 3 is 2.24 bits per heavy atom. The first-order valence-corrected chi connectivity index (χ1v) is 14.3. The van der Waals surface area contributed by atoms with Crippen LogP contribution in [0.25, 0.3) is 0 Å². The van der Waals surface area contributed by atoms with Crippen LogP contribution in [-0.4, -0.2) is 76.1 Å². The molecule has 7 N–H and O–H groups in total. The topological polar surface area (TPSA) is 189 Å². The van der Waals surface area contributed by atoms with Gasteiger partial charge in [-0.25, -0.2) is 9.78 Å². The minimum absolute atomic E-state index is 0.133. The fourth-order valence-corrected chi connectivity index (χ4v) is 4.66. The Balaban J connectivity index is 1.97. The summed E-state index contributed by atoms with van der Waals surface area (Å²) in [6.45, 7) is 7.53. The quantitative estimate of drug-likeness (QED) is 0.148. The van der Waals surface area contributed by atoms with E-state index in [-0.39, 0.29) is 43.4 Å². The molecule has 3 amide bonds. The van der Waals surface area contributed by atoms with Crippen LogP contribution in [0.3, 0.4) is 0 Å². The van der Waals surface area contributed by atoms with Crippen molar-refractivity contribution in [2.75, 3.05) is 7.11 Å². The van der Waals surface area contributed by atoms with Crippen molar-refractivity contribution in [1.29, 1.82) is 0 Å². The maximum Gasteiger partial charge on any atom is 0.328 e. The van der Waals surface area contributed by atoms with Gasteiger partial charge in [0.05, 0.1) is 32.0 Å². The van der Waals surface area contributed by atoms with Crippen LogP contribution in [0, 0.1) is 11.8 Å². The highest BCUT2D eigenvalue weighted by Gasteiger charge is 2.30.